The Bertz CT molecular complexity index is 677. The minimum absolute atomic E-state index is 0.281. The van der Waals surface area contributed by atoms with Crippen LogP contribution < -0.4 is 5.32 Å². The molecule has 0 atom stereocenters. The molecule has 0 unspecified atom stereocenters. The Morgan fingerprint density at radius 3 is 2.86 bits per heavy atom. The summed E-state index contributed by atoms with van der Waals surface area (Å²) >= 11 is 1.46. The highest BCUT2D eigenvalue weighted by Gasteiger charge is 2.23. The Hall–Kier alpha value is -1.22. The number of thiazole rings is 1. The van der Waals surface area contributed by atoms with Crippen molar-refractivity contribution in [2.45, 2.75) is 24.9 Å². The Labute approximate surface area is 129 Å². The van der Waals surface area contributed by atoms with E-state index in [4.69, 9.17) is 0 Å². The van der Waals surface area contributed by atoms with E-state index in [1.807, 2.05) is 23.9 Å². The topological polar surface area (TPSA) is 67.2 Å². The lowest BCUT2D eigenvalue weighted by atomic mass is 10.4. The highest BCUT2D eigenvalue weighted by molar-refractivity contribution is 7.89. The molecule has 2 aromatic heterocycles. The van der Waals surface area contributed by atoms with E-state index in [1.54, 1.807) is 24.8 Å². The van der Waals surface area contributed by atoms with Crippen molar-refractivity contribution in [3.05, 3.63) is 34.5 Å². The molecule has 0 amide bonds. The van der Waals surface area contributed by atoms with E-state index in [-0.39, 0.29) is 6.54 Å². The van der Waals surface area contributed by atoms with E-state index in [9.17, 15) is 8.42 Å². The number of hydrogen-bond donors (Lipinski definition) is 1. The third kappa shape index (κ3) is 3.70. The van der Waals surface area contributed by atoms with Gasteiger partial charge in [-0.15, -0.1) is 11.3 Å². The van der Waals surface area contributed by atoms with Gasteiger partial charge in [0.1, 0.15) is 4.90 Å². The van der Waals surface area contributed by atoms with Crippen molar-refractivity contribution in [1.82, 2.24) is 19.2 Å². The van der Waals surface area contributed by atoms with E-state index >= 15 is 0 Å². The van der Waals surface area contributed by atoms with Gasteiger partial charge in [-0.2, -0.15) is 4.31 Å². The molecular formula is C13H20N4O2S2. The number of aromatic nitrogens is 2. The molecular weight excluding hydrogens is 308 g/mol. The van der Waals surface area contributed by atoms with Crippen LogP contribution >= 0.6 is 11.3 Å². The van der Waals surface area contributed by atoms with Crippen molar-refractivity contribution in [3.63, 3.8) is 0 Å². The second-order valence-electron chi connectivity index (χ2n) is 4.80. The van der Waals surface area contributed by atoms with Crippen LogP contribution in [0.1, 0.15) is 18.3 Å². The predicted molar refractivity (Wildman–Crippen MR) is 83.6 cm³/mol. The van der Waals surface area contributed by atoms with Gasteiger partial charge in [0.05, 0.1) is 17.7 Å². The number of nitrogens with zero attached hydrogens (tertiary/aromatic N) is 3. The van der Waals surface area contributed by atoms with Crippen LogP contribution in [-0.4, -0.2) is 35.9 Å². The third-order valence-electron chi connectivity index (χ3n) is 3.22. The fraction of sp³-hybridized carbons (Fsp3) is 0.462. The molecule has 0 aliphatic rings. The van der Waals surface area contributed by atoms with Crippen molar-refractivity contribution < 1.29 is 8.42 Å². The maximum absolute atomic E-state index is 12.6. The van der Waals surface area contributed by atoms with Gasteiger partial charge >= 0.3 is 0 Å². The molecule has 0 saturated carbocycles. The van der Waals surface area contributed by atoms with Crippen LogP contribution in [0.15, 0.2) is 28.0 Å². The summed E-state index contributed by atoms with van der Waals surface area (Å²) in [5, 5.41) is 5.05. The monoisotopic (exact) mass is 328 g/mol. The quantitative estimate of drug-likeness (QED) is 0.834. The van der Waals surface area contributed by atoms with E-state index in [2.05, 4.69) is 10.3 Å². The maximum Gasteiger partial charge on any atom is 0.244 e. The molecule has 1 N–H and O–H groups in total. The van der Waals surface area contributed by atoms with Gasteiger partial charge < -0.3 is 9.88 Å². The van der Waals surface area contributed by atoms with Gasteiger partial charge in [0.2, 0.25) is 10.0 Å². The van der Waals surface area contributed by atoms with Crippen molar-refractivity contribution in [2.75, 3.05) is 13.6 Å². The van der Waals surface area contributed by atoms with Gasteiger partial charge in [-0.25, -0.2) is 13.4 Å². The van der Waals surface area contributed by atoms with Crippen molar-refractivity contribution in [3.8, 4) is 0 Å². The molecule has 2 heterocycles. The summed E-state index contributed by atoms with van der Waals surface area (Å²) in [4.78, 5) is 4.44. The van der Waals surface area contributed by atoms with E-state index in [0.717, 1.165) is 17.9 Å². The highest BCUT2D eigenvalue weighted by Crippen LogP contribution is 2.19. The second-order valence-corrected chi connectivity index (χ2v) is 7.56. The molecule has 0 saturated heterocycles. The minimum atomic E-state index is -3.49. The number of aryl methyl sites for hydroxylation is 1. The average Bonchev–Trinajstić information content (AvgIpc) is 3.06. The fourth-order valence-corrected chi connectivity index (χ4v) is 3.74. The van der Waals surface area contributed by atoms with Crippen LogP contribution in [0.3, 0.4) is 0 Å². The lowest BCUT2D eigenvalue weighted by molar-refractivity contribution is 0.463. The van der Waals surface area contributed by atoms with Gasteiger partial charge in [-0.1, -0.05) is 6.92 Å². The Morgan fingerprint density at radius 2 is 2.24 bits per heavy atom. The summed E-state index contributed by atoms with van der Waals surface area (Å²) < 4.78 is 28.3. The molecule has 0 aliphatic heterocycles. The molecule has 0 fully saturated rings. The molecule has 8 heteroatoms. The zero-order chi connectivity index (χ0) is 15.5. The fourth-order valence-electron chi connectivity index (χ4n) is 1.96. The van der Waals surface area contributed by atoms with Gasteiger partial charge in [0.15, 0.2) is 0 Å². The first kappa shape index (κ1) is 16.2. The smallest absolute Gasteiger partial charge is 0.244 e. The molecule has 0 bridgehead atoms. The lowest BCUT2D eigenvalue weighted by Crippen LogP contribution is -2.26. The van der Waals surface area contributed by atoms with Crippen molar-refractivity contribution in [2.24, 2.45) is 7.05 Å². The molecule has 0 radical (unpaired) electrons. The van der Waals surface area contributed by atoms with E-state index in [1.165, 1.54) is 15.6 Å². The average molecular weight is 328 g/mol. The standard InChI is InChI=1S/C13H20N4O2S2/c1-4-14-6-12-5-13(8-16(12)2)21(18,19)17(3)7-11-9-20-10-15-11/h5,8-10,14H,4,6-7H2,1-3H3. The van der Waals surface area contributed by atoms with E-state index < -0.39 is 10.0 Å². The van der Waals surface area contributed by atoms with Crippen LogP contribution in [0.2, 0.25) is 0 Å². The zero-order valence-corrected chi connectivity index (χ0v) is 14.0. The normalized spacial score (nSPS) is 12.2. The van der Waals surface area contributed by atoms with Crippen molar-refractivity contribution in [1.29, 1.82) is 0 Å². The SMILES string of the molecule is CCNCc1cc(S(=O)(=O)N(C)Cc2cscn2)cn1C. The summed E-state index contributed by atoms with van der Waals surface area (Å²) in [5.74, 6) is 0. The first-order valence-corrected chi connectivity index (χ1v) is 9.02. The van der Waals surface area contributed by atoms with Gasteiger partial charge in [0, 0.05) is 37.9 Å². The molecule has 0 spiro atoms. The summed E-state index contributed by atoms with van der Waals surface area (Å²) in [5.41, 5.74) is 3.40. The number of sulfonamides is 1. The molecule has 6 nitrogen and oxygen atoms in total. The summed E-state index contributed by atoms with van der Waals surface area (Å²) in [6.45, 7) is 3.79. The Morgan fingerprint density at radius 1 is 1.48 bits per heavy atom. The van der Waals surface area contributed by atoms with Crippen LogP contribution in [-0.2, 0) is 30.2 Å². The highest BCUT2D eigenvalue weighted by atomic mass is 32.2. The second kappa shape index (κ2) is 6.69. The molecule has 2 aromatic rings. The lowest BCUT2D eigenvalue weighted by Gasteiger charge is -2.14. The van der Waals surface area contributed by atoms with Gasteiger partial charge in [-0.3, -0.25) is 0 Å². The summed E-state index contributed by atoms with van der Waals surface area (Å²) in [7, 11) is -0.0641. The predicted octanol–water partition coefficient (Wildman–Crippen LogP) is 1.41. The van der Waals surface area contributed by atoms with E-state index in [0.29, 0.717) is 11.4 Å². The Kier molecular flexibility index (Phi) is 5.15. The van der Waals surface area contributed by atoms with Gasteiger partial charge in [-0.05, 0) is 12.6 Å². The number of rotatable bonds is 7. The third-order valence-corrected chi connectivity index (χ3v) is 5.62. The molecule has 0 aromatic carbocycles. The summed E-state index contributed by atoms with van der Waals surface area (Å²) in [6, 6.07) is 1.72. The summed E-state index contributed by atoms with van der Waals surface area (Å²) in [6.07, 6.45) is 1.65. The molecule has 21 heavy (non-hydrogen) atoms. The maximum atomic E-state index is 12.6. The zero-order valence-electron chi connectivity index (χ0n) is 12.4. The Balaban J connectivity index is 2.18. The largest absolute Gasteiger partial charge is 0.352 e. The van der Waals surface area contributed by atoms with Crippen LogP contribution in [0.4, 0.5) is 0 Å². The molecule has 2 rings (SSSR count). The number of hydrogen-bond acceptors (Lipinski definition) is 5. The minimum Gasteiger partial charge on any atom is -0.352 e. The van der Waals surface area contributed by atoms with Crippen LogP contribution in [0, 0.1) is 0 Å². The van der Waals surface area contributed by atoms with Crippen molar-refractivity contribution >= 4 is 21.4 Å². The molecule has 116 valence electrons. The number of nitrogens with one attached hydrogen (secondary N) is 1. The van der Waals surface area contributed by atoms with Crippen LogP contribution in [0.5, 0.6) is 0 Å². The first-order valence-electron chi connectivity index (χ1n) is 6.64. The van der Waals surface area contributed by atoms with Crippen LogP contribution in [0.25, 0.3) is 0 Å². The first-order chi connectivity index (χ1) is 9.95. The molecule has 0 aliphatic carbocycles. The van der Waals surface area contributed by atoms with Gasteiger partial charge in [0.25, 0.3) is 0 Å².